The molecule has 0 saturated heterocycles. The monoisotopic (exact) mass is 252 g/mol. The zero-order chi connectivity index (χ0) is 12.1. The van der Waals surface area contributed by atoms with Crippen molar-refractivity contribution in [3.05, 3.63) is 28.5 Å². The van der Waals surface area contributed by atoms with Crippen LogP contribution in [0.5, 0.6) is 0 Å². The first-order chi connectivity index (χ1) is 8.29. The van der Waals surface area contributed by atoms with Crippen molar-refractivity contribution in [3.63, 3.8) is 0 Å². The Hall–Kier alpha value is -1.80. The molecule has 0 spiro atoms. The first-order valence-electron chi connectivity index (χ1n) is 5.06. The molecule has 1 amide bonds. The molecule has 0 unspecified atom stereocenters. The fourth-order valence-electron chi connectivity index (χ4n) is 1.23. The van der Waals surface area contributed by atoms with Crippen molar-refractivity contribution in [1.82, 2.24) is 25.3 Å². The predicted octanol–water partition coefficient (Wildman–Crippen LogP) is -0.377. The van der Waals surface area contributed by atoms with Gasteiger partial charge in [0.2, 0.25) is 0 Å². The van der Waals surface area contributed by atoms with Crippen molar-refractivity contribution >= 4 is 17.2 Å². The molecule has 2 heterocycles. The number of nitrogens with two attached hydrogens (primary N) is 1. The van der Waals surface area contributed by atoms with E-state index in [1.54, 1.807) is 12.4 Å². The van der Waals surface area contributed by atoms with Gasteiger partial charge in [-0.15, -0.1) is 16.4 Å². The predicted molar refractivity (Wildman–Crippen MR) is 62.4 cm³/mol. The van der Waals surface area contributed by atoms with Crippen LogP contribution in [0.1, 0.15) is 15.5 Å². The molecule has 0 fully saturated rings. The summed E-state index contributed by atoms with van der Waals surface area (Å²) in [7, 11) is 0. The Balaban J connectivity index is 1.90. The molecule has 0 aromatic carbocycles. The molecule has 17 heavy (non-hydrogen) atoms. The van der Waals surface area contributed by atoms with E-state index in [0.717, 1.165) is 5.01 Å². The van der Waals surface area contributed by atoms with E-state index >= 15 is 0 Å². The fraction of sp³-hybridized carbons (Fsp3) is 0.333. The van der Waals surface area contributed by atoms with Crippen LogP contribution in [0.2, 0.25) is 0 Å². The number of hydrogen-bond donors (Lipinski definition) is 2. The highest BCUT2D eigenvalue weighted by Crippen LogP contribution is 2.03. The van der Waals surface area contributed by atoms with E-state index in [0.29, 0.717) is 19.6 Å². The molecule has 0 atom stereocenters. The minimum absolute atomic E-state index is 0.261. The largest absolute Gasteiger partial charge is 0.344 e. The molecule has 0 aliphatic rings. The van der Waals surface area contributed by atoms with Gasteiger partial charge >= 0.3 is 0 Å². The lowest BCUT2D eigenvalue weighted by Crippen LogP contribution is -2.23. The summed E-state index contributed by atoms with van der Waals surface area (Å²) in [6.07, 6.45) is 3.27. The third-order valence-electron chi connectivity index (χ3n) is 2.01. The van der Waals surface area contributed by atoms with E-state index in [-0.39, 0.29) is 11.6 Å². The van der Waals surface area contributed by atoms with Gasteiger partial charge in [-0.05, 0) is 0 Å². The summed E-state index contributed by atoms with van der Waals surface area (Å²) >= 11 is 1.49. The molecule has 7 nitrogen and oxygen atoms in total. The summed E-state index contributed by atoms with van der Waals surface area (Å²) in [5, 5.41) is 13.0. The van der Waals surface area contributed by atoms with E-state index in [2.05, 4.69) is 20.6 Å². The quantitative estimate of drug-likeness (QED) is 0.756. The Morgan fingerprint density at radius 2 is 2.47 bits per heavy atom. The van der Waals surface area contributed by atoms with E-state index in [1.165, 1.54) is 16.0 Å². The van der Waals surface area contributed by atoms with Gasteiger partial charge in [0.1, 0.15) is 5.01 Å². The first kappa shape index (κ1) is 11.7. The van der Waals surface area contributed by atoms with Crippen molar-refractivity contribution in [1.29, 1.82) is 0 Å². The fourth-order valence-corrected chi connectivity index (χ4v) is 1.79. The number of aromatic nitrogens is 4. The van der Waals surface area contributed by atoms with Crippen LogP contribution < -0.4 is 11.1 Å². The highest BCUT2D eigenvalue weighted by atomic mass is 32.1. The average Bonchev–Trinajstić information content (AvgIpc) is 2.97. The number of thiazole rings is 1. The van der Waals surface area contributed by atoms with E-state index in [4.69, 9.17) is 5.73 Å². The minimum Gasteiger partial charge on any atom is -0.344 e. The first-order valence-corrected chi connectivity index (χ1v) is 5.94. The second-order valence-corrected chi connectivity index (χ2v) is 4.24. The lowest BCUT2D eigenvalue weighted by atomic mass is 10.4. The zero-order valence-corrected chi connectivity index (χ0v) is 9.85. The van der Waals surface area contributed by atoms with Crippen molar-refractivity contribution in [3.8, 4) is 0 Å². The zero-order valence-electron chi connectivity index (χ0n) is 9.04. The summed E-state index contributed by atoms with van der Waals surface area (Å²) in [4.78, 5) is 15.7. The van der Waals surface area contributed by atoms with Crippen LogP contribution in [0.3, 0.4) is 0 Å². The molecular weight excluding hydrogens is 240 g/mol. The highest BCUT2D eigenvalue weighted by molar-refractivity contribution is 7.09. The maximum absolute atomic E-state index is 11.7. The lowest BCUT2D eigenvalue weighted by molar-refractivity contribution is 0.0946. The van der Waals surface area contributed by atoms with Gasteiger partial charge in [-0.3, -0.25) is 9.48 Å². The number of carbonyl (C=O) groups is 1. The maximum atomic E-state index is 11.7. The second-order valence-electron chi connectivity index (χ2n) is 3.26. The molecule has 2 rings (SSSR count). The Kier molecular flexibility index (Phi) is 3.78. The molecule has 0 saturated carbocycles. The van der Waals surface area contributed by atoms with Gasteiger partial charge in [0.15, 0.2) is 5.69 Å². The van der Waals surface area contributed by atoms with E-state index in [1.807, 2.05) is 5.38 Å². The van der Waals surface area contributed by atoms with Crippen LogP contribution in [-0.4, -0.2) is 32.4 Å². The minimum atomic E-state index is -0.261. The summed E-state index contributed by atoms with van der Waals surface area (Å²) in [5.74, 6) is -0.261. The van der Waals surface area contributed by atoms with Crippen molar-refractivity contribution in [2.75, 3.05) is 6.54 Å². The SMILES string of the molecule is NCCn1cc(C(=O)NCc2nccs2)nn1. The topological polar surface area (TPSA) is 98.7 Å². The number of hydrogen-bond acceptors (Lipinski definition) is 6. The van der Waals surface area contributed by atoms with Crippen LogP contribution in [0.25, 0.3) is 0 Å². The molecule has 8 heteroatoms. The second kappa shape index (κ2) is 5.51. The molecule has 0 bridgehead atoms. The molecule has 0 aliphatic carbocycles. The van der Waals surface area contributed by atoms with Crippen LogP contribution in [0.4, 0.5) is 0 Å². The number of nitrogens with zero attached hydrogens (tertiary/aromatic N) is 4. The van der Waals surface area contributed by atoms with Crippen LogP contribution in [0, 0.1) is 0 Å². The molecular formula is C9H12N6OS. The molecule has 2 aromatic rings. The number of nitrogens with one attached hydrogen (secondary N) is 1. The van der Waals surface area contributed by atoms with Gasteiger partial charge in [-0.1, -0.05) is 5.21 Å². The Labute approximate surface area is 102 Å². The molecule has 0 aliphatic heterocycles. The number of carbonyl (C=O) groups excluding carboxylic acids is 1. The normalized spacial score (nSPS) is 10.4. The number of rotatable bonds is 5. The van der Waals surface area contributed by atoms with Crippen LogP contribution in [0.15, 0.2) is 17.8 Å². The van der Waals surface area contributed by atoms with Gasteiger partial charge in [0, 0.05) is 18.1 Å². The van der Waals surface area contributed by atoms with Crippen molar-refractivity contribution in [2.24, 2.45) is 5.73 Å². The Morgan fingerprint density at radius 3 is 3.18 bits per heavy atom. The summed E-state index contributed by atoms with van der Waals surface area (Å²) in [6, 6.07) is 0. The maximum Gasteiger partial charge on any atom is 0.273 e. The van der Waals surface area contributed by atoms with Gasteiger partial charge in [-0.25, -0.2) is 4.98 Å². The third kappa shape index (κ3) is 3.08. The van der Waals surface area contributed by atoms with Gasteiger partial charge in [0.25, 0.3) is 5.91 Å². The molecule has 0 radical (unpaired) electrons. The van der Waals surface area contributed by atoms with Crippen LogP contribution >= 0.6 is 11.3 Å². The summed E-state index contributed by atoms with van der Waals surface area (Å²) < 4.78 is 1.54. The molecule has 3 N–H and O–H groups in total. The smallest absolute Gasteiger partial charge is 0.273 e. The van der Waals surface area contributed by atoms with Crippen molar-refractivity contribution in [2.45, 2.75) is 13.1 Å². The van der Waals surface area contributed by atoms with Gasteiger partial charge in [0.05, 0.1) is 19.3 Å². The van der Waals surface area contributed by atoms with Gasteiger partial charge in [-0.2, -0.15) is 0 Å². The number of amides is 1. The Bertz CT molecular complexity index is 479. The highest BCUT2D eigenvalue weighted by Gasteiger charge is 2.10. The molecule has 90 valence electrons. The standard InChI is InChI=1S/C9H12N6OS/c10-1-3-15-6-7(13-14-15)9(16)12-5-8-11-2-4-17-8/h2,4,6H,1,3,5,10H2,(H,12,16). The van der Waals surface area contributed by atoms with Gasteiger partial charge < -0.3 is 11.1 Å². The Morgan fingerprint density at radius 1 is 1.59 bits per heavy atom. The van der Waals surface area contributed by atoms with E-state index < -0.39 is 0 Å². The summed E-state index contributed by atoms with van der Waals surface area (Å²) in [5.41, 5.74) is 5.66. The van der Waals surface area contributed by atoms with E-state index in [9.17, 15) is 4.79 Å². The molecule has 2 aromatic heterocycles. The van der Waals surface area contributed by atoms with Crippen LogP contribution in [-0.2, 0) is 13.1 Å². The lowest BCUT2D eigenvalue weighted by Gasteiger charge is -1.98. The summed E-state index contributed by atoms with van der Waals surface area (Å²) in [6.45, 7) is 1.41. The third-order valence-corrected chi connectivity index (χ3v) is 2.79. The van der Waals surface area contributed by atoms with Crippen molar-refractivity contribution < 1.29 is 4.79 Å². The average molecular weight is 252 g/mol.